The Hall–Kier alpha value is -4.16. The molecule has 0 aliphatic rings. The van der Waals surface area contributed by atoms with E-state index in [2.05, 4.69) is 10.3 Å². The van der Waals surface area contributed by atoms with E-state index in [9.17, 15) is 9.18 Å². The average Bonchev–Trinajstić information content (AvgIpc) is 3.22. The molecule has 0 aliphatic heterocycles. The molecule has 4 rings (SSSR count). The van der Waals surface area contributed by atoms with Gasteiger partial charge in [-0.05, 0) is 67.6 Å². The van der Waals surface area contributed by atoms with Crippen LogP contribution in [0.1, 0.15) is 12.5 Å². The molecule has 0 radical (unpaired) electrons. The molecule has 4 aromatic rings. The second-order valence-electron chi connectivity index (χ2n) is 6.93. The van der Waals surface area contributed by atoms with Crippen LogP contribution in [0.15, 0.2) is 60.7 Å². The largest absolute Gasteiger partial charge is 0.497 e. The Morgan fingerprint density at radius 3 is 2.52 bits per heavy atom. The molecule has 1 N–H and O–H groups in total. The highest BCUT2D eigenvalue weighted by molar-refractivity contribution is 7.22. The topological polar surface area (TPSA) is 93.5 Å². The predicted octanol–water partition coefficient (Wildman–Crippen LogP) is 5.51. The summed E-state index contributed by atoms with van der Waals surface area (Å²) in [7, 11) is 1.59. The number of carbonyl (C=O) groups is 1. The molecule has 7 nitrogen and oxygen atoms in total. The minimum absolute atomic E-state index is 0.00358. The molecule has 1 aromatic heterocycles. The number of nitriles is 1. The Kier molecular flexibility index (Phi) is 6.38. The van der Waals surface area contributed by atoms with Crippen molar-refractivity contribution in [3.05, 3.63) is 72.0 Å². The Balaban J connectivity index is 1.36. The molecule has 0 aliphatic carbocycles. The van der Waals surface area contributed by atoms with Crippen LogP contribution in [0.25, 0.3) is 10.2 Å². The van der Waals surface area contributed by atoms with Crippen LogP contribution in [0.3, 0.4) is 0 Å². The van der Waals surface area contributed by atoms with E-state index in [1.807, 2.05) is 24.3 Å². The number of thiazole rings is 1. The Morgan fingerprint density at radius 1 is 1.09 bits per heavy atom. The first-order valence-corrected chi connectivity index (χ1v) is 10.7. The monoisotopic (exact) mass is 463 g/mol. The summed E-state index contributed by atoms with van der Waals surface area (Å²) < 4.78 is 31.3. The highest BCUT2D eigenvalue weighted by atomic mass is 32.1. The Bertz CT molecular complexity index is 1350. The first-order chi connectivity index (χ1) is 15.9. The molecule has 1 amide bonds. The van der Waals surface area contributed by atoms with Gasteiger partial charge in [-0.1, -0.05) is 11.3 Å². The van der Waals surface area contributed by atoms with E-state index in [-0.39, 0.29) is 17.2 Å². The quantitative estimate of drug-likeness (QED) is 0.388. The second-order valence-corrected chi connectivity index (χ2v) is 7.96. The fourth-order valence-electron chi connectivity index (χ4n) is 2.92. The van der Waals surface area contributed by atoms with Gasteiger partial charge in [-0.3, -0.25) is 10.1 Å². The zero-order valence-corrected chi connectivity index (χ0v) is 18.5. The maximum Gasteiger partial charge on any atom is 0.266 e. The van der Waals surface area contributed by atoms with Gasteiger partial charge in [0.05, 0.1) is 29.0 Å². The van der Waals surface area contributed by atoms with Crippen LogP contribution in [0.4, 0.5) is 9.52 Å². The summed E-state index contributed by atoms with van der Waals surface area (Å²) >= 11 is 1.34. The van der Waals surface area contributed by atoms with E-state index >= 15 is 0 Å². The van der Waals surface area contributed by atoms with E-state index in [0.717, 1.165) is 22.0 Å². The van der Waals surface area contributed by atoms with Crippen molar-refractivity contribution in [3.8, 4) is 29.1 Å². The van der Waals surface area contributed by atoms with Crippen molar-refractivity contribution in [2.45, 2.75) is 13.0 Å². The van der Waals surface area contributed by atoms with Gasteiger partial charge in [0.15, 0.2) is 22.8 Å². The van der Waals surface area contributed by atoms with Crippen LogP contribution in [0, 0.1) is 17.1 Å². The maximum atomic E-state index is 14.0. The lowest BCUT2D eigenvalue weighted by molar-refractivity contribution is -0.122. The lowest BCUT2D eigenvalue weighted by Crippen LogP contribution is -2.30. The molecule has 9 heteroatoms. The van der Waals surface area contributed by atoms with Gasteiger partial charge >= 0.3 is 0 Å². The van der Waals surface area contributed by atoms with Crippen LogP contribution in [0.2, 0.25) is 0 Å². The second kappa shape index (κ2) is 9.54. The van der Waals surface area contributed by atoms with Crippen LogP contribution in [-0.2, 0) is 4.79 Å². The van der Waals surface area contributed by atoms with Crippen molar-refractivity contribution < 1.29 is 23.4 Å². The molecular weight excluding hydrogens is 445 g/mol. The van der Waals surface area contributed by atoms with E-state index in [0.29, 0.717) is 16.6 Å². The summed E-state index contributed by atoms with van der Waals surface area (Å²) in [6.45, 7) is 1.63. The van der Waals surface area contributed by atoms with Crippen molar-refractivity contribution >= 4 is 32.6 Å². The number of nitrogens with zero attached hydrogens (tertiary/aromatic N) is 2. The van der Waals surface area contributed by atoms with Gasteiger partial charge in [0.1, 0.15) is 17.2 Å². The van der Waals surface area contributed by atoms with Gasteiger partial charge < -0.3 is 14.2 Å². The Labute approximate surface area is 193 Å². The number of hydrogen-bond acceptors (Lipinski definition) is 7. The number of fused-ring (bicyclic) bond motifs is 1. The third-order valence-corrected chi connectivity index (χ3v) is 5.55. The van der Waals surface area contributed by atoms with E-state index in [1.54, 1.807) is 38.3 Å². The number of amides is 1. The number of methoxy groups -OCH3 is 1. The fourth-order valence-corrected chi connectivity index (χ4v) is 3.81. The normalized spacial score (nSPS) is 11.5. The number of rotatable bonds is 7. The molecule has 0 saturated heterocycles. The smallest absolute Gasteiger partial charge is 0.266 e. The summed E-state index contributed by atoms with van der Waals surface area (Å²) in [6.07, 6.45) is -0.783. The summed E-state index contributed by atoms with van der Waals surface area (Å²) in [6, 6.07) is 17.8. The van der Waals surface area contributed by atoms with Crippen LogP contribution >= 0.6 is 11.3 Å². The van der Waals surface area contributed by atoms with Crippen molar-refractivity contribution in [1.29, 1.82) is 5.26 Å². The summed E-state index contributed by atoms with van der Waals surface area (Å²) in [5, 5.41) is 12.0. The third kappa shape index (κ3) is 5.19. The van der Waals surface area contributed by atoms with Gasteiger partial charge in [0.25, 0.3) is 5.91 Å². The first kappa shape index (κ1) is 22.0. The number of nitrogens with one attached hydrogen (secondary N) is 1. The predicted molar refractivity (Wildman–Crippen MR) is 123 cm³/mol. The minimum Gasteiger partial charge on any atom is -0.497 e. The number of benzene rings is 3. The van der Waals surface area contributed by atoms with Crippen LogP contribution in [-0.4, -0.2) is 24.1 Å². The first-order valence-electron chi connectivity index (χ1n) is 9.85. The standard InChI is InChI=1S/C24H18FN3O4S/c1-14(23(29)28-24-27-20-9-8-18(30-2)12-22(20)33-24)31-16-4-6-17(7-5-16)32-21-10-3-15(13-26)11-19(21)25/h3-12,14H,1-2H3,(H,27,28,29). The van der Waals surface area contributed by atoms with Gasteiger partial charge in [-0.25, -0.2) is 9.37 Å². The summed E-state index contributed by atoms with van der Waals surface area (Å²) in [4.78, 5) is 16.9. The van der Waals surface area contributed by atoms with Gasteiger partial charge in [0, 0.05) is 0 Å². The van der Waals surface area contributed by atoms with E-state index in [4.69, 9.17) is 19.5 Å². The number of aromatic nitrogens is 1. The molecule has 0 bridgehead atoms. The zero-order chi connectivity index (χ0) is 23.4. The van der Waals surface area contributed by atoms with Crippen molar-refractivity contribution in [2.24, 2.45) is 0 Å². The number of carbonyl (C=O) groups excluding carboxylic acids is 1. The van der Waals surface area contributed by atoms with E-state index in [1.165, 1.54) is 23.5 Å². The number of anilines is 1. The zero-order valence-electron chi connectivity index (χ0n) is 17.7. The molecule has 0 fully saturated rings. The van der Waals surface area contributed by atoms with E-state index < -0.39 is 11.9 Å². The lowest BCUT2D eigenvalue weighted by atomic mass is 10.2. The average molecular weight is 463 g/mol. The Morgan fingerprint density at radius 2 is 1.82 bits per heavy atom. The van der Waals surface area contributed by atoms with Crippen molar-refractivity contribution in [2.75, 3.05) is 12.4 Å². The number of hydrogen-bond donors (Lipinski definition) is 1. The highest BCUT2D eigenvalue weighted by Crippen LogP contribution is 2.30. The van der Waals surface area contributed by atoms with Gasteiger partial charge in [-0.2, -0.15) is 5.26 Å². The highest BCUT2D eigenvalue weighted by Gasteiger charge is 2.17. The molecule has 3 aromatic carbocycles. The molecule has 0 saturated carbocycles. The van der Waals surface area contributed by atoms with Gasteiger partial charge in [-0.15, -0.1) is 0 Å². The third-order valence-electron chi connectivity index (χ3n) is 4.62. The summed E-state index contributed by atoms with van der Waals surface area (Å²) in [5.74, 6) is 0.570. The molecular formula is C24H18FN3O4S. The fraction of sp³-hybridized carbons (Fsp3) is 0.125. The molecule has 166 valence electrons. The molecule has 1 heterocycles. The lowest BCUT2D eigenvalue weighted by Gasteiger charge is -2.14. The van der Waals surface area contributed by atoms with Gasteiger partial charge in [0.2, 0.25) is 0 Å². The molecule has 1 atom stereocenters. The van der Waals surface area contributed by atoms with Crippen molar-refractivity contribution in [3.63, 3.8) is 0 Å². The van der Waals surface area contributed by atoms with Crippen molar-refractivity contribution in [1.82, 2.24) is 4.98 Å². The number of ether oxygens (including phenoxy) is 3. The SMILES string of the molecule is COc1ccc2nc(NC(=O)C(C)Oc3ccc(Oc4ccc(C#N)cc4F)cc3)sc2c1. The number of halogens is 1. The summed E-state index contributed by atoms with van der Waals surface area (Å²) in [5.41, 5.74) is 0.973. The van der Waals surface area contributed by atoms with Crippen LogP contribution in [0.5, 0.6) is 23.0 Å². The molecule has 1 unspecified atom stereocenters. The van der Waals surface area contributed by atoms with Crippen LogP contribution < -0.4 is 19.5 Å². The maximum absolute atomic E-state index is 14.0. The molecule has 0 spiro atoms. The minimum atomic E-state index is -0.783. The molecule has 33 heavy (non-hydrogen) atoms.